The van der Waals surface area contributed by atoms with Crippen LogP contribution in [0.5, 0.6) is 5.75 Å². The zero-order chi connectivity index (χ0) is 37.3. The van der Waals surface area contributed by atoms with Gasteiger partial charge in [0.2, 0.25) is 5.95 Å². The molecule has 2 unspecified atom stereocenters. The number of hydrogen-bond donors (Lipinski definition) is 2. The van der Waals surface area contributed by atoms with Crippen LogP contribution in [0.2, 0.25) is 0 Å². The molecule has 13 nitrogen and oxygen atoms in total. The van der Waals surface area contributed by atoms with E-state index in [0.717, 1.165) is 72.3 Å². The van der Waals surface area contributed by atoms with Crippen molar-refractivity contribution in [2.75, 3.05) is 37.5 Å². The van der Waals surface area contributed by atoms with Gasteiger partial charge in [-0.15, -0.1) is 10.2 Å². The van der Waals surface area contributed by atoms with E-state index in [4.69, 9.17) is 14.7 Å². The van der Waals surface area contributed by atoms with E-state index in [-0.39, 0.29) is 23.6 Å². The fourth-order valence-electron chi connectivity index (χ4n) is 7.55. The second-order valence-corrected chi connectivity index (χ2v) is 15.9. The zero-order valence-corrected chi connectivity index (χ0v) is 32.1. The first-order valence-corrected chi connectivity index (χ1v) is 18.9. The third kappa shape index (κ3) is 8.06. The molecule has 0 bridgehead atoms. The number of rotatable bonds is 10. The number of amides is 2. The second-order valence-electron chi connectivity index (χ2n) is 15.9. The van der Waals surface area contributed by atoms with E-state index < -0.39 is 0 Å². The van der Waals surface area contributed by atoms with Crippen molar-refractivity contribution in [3.8, 4) is 11.4 Å². The standard InChI is InChI=1S/C40H54N10O3/c1-27-12-10-13-28(2)49(27)39-44-43-36-20-21-47(26-48(36)39)53-34-19-18-33(31-16-8-9-17-32(31)34)41-38(51)42-37-25-35(40(3,4)5)45-50(37)29-14-11-15-30(24-29)52-23-22-46(6)7/h8-9,11,14-17,20-21,24-25,27-28,33-34H,10,12-13,18-19,22-23,26H2,1-7H3,(H2,41,42,51)/t27?,28?,33-,34+/m0/s1. The molecule has 0 radical (unpaired) electrons. The van der Waals surface area contributed by atoms with Crippen LogP contribution in [-0.4, -0.2) is 79.9 Å². The molecule has 282 valence electrons. The van der Waals surface area contributed by atoms with Crippen molar-refractivity contribution in [3.63, 3.8) is 0 Å². The molecule has 2 aliphatic heterocycles. The Hall–Kier alpha value is -4.88. The molecule has 3 aliphatic rings. The van der Waals surface area contributed by atoms with Crippen LogP contribution < -0.4 is 20.3 Å². The fourth-order valence-corrected chi connectivity index (χ4v) is 7.55. The summed E-state index contributed by atoms with van der Waals surface area (Å²) >= 11 is 0. The number of carbonyl (C=O) groups excluding carboxylic acids is 1. The highest BCUT2D eigenvalue weighted by Crippen LogP contribution is 2.40. The Kier molecular flexibility index (Phi) is 10.5. The van der Waals surface area contributed by atoms with Crippen LogP contribution >= 0.6 is 0 Å². The number of piperidine rings is 1. The molecule has 1 saturated heterocycles. The van der Waals surface area contributed by atoms with Crippen molar-refractivity contribution in [2.24, 2.45) is 0 Å². The Balaban J connectivity index is 1.04. The Morgan fingerprint density at radius 2 is 1.74 bits per heavy atom. The minimum atomic E-state index is -0.294. The molecule has 0 saturated carbocycles. The van der Waals surface area contributed by atoms with Crippen LogP contribution in [0.3, 0.4) is 0 Å². The van der Waals surface area contributed by atoms with Crippen molar-refractivity contribution in [3.05, 3.63) is 83.4 Å². The molecule has 13 heteroatoms. The first-order chi connectivity index (χ1) is 25.4. The lowest BCUT2D eigenvalue weighted by atomic mass is 9.86. The highest BCUT2D eigenvalue weighted by Gasteiger charge is 2.33. The molecule has 7 rings (SSSR count). The van der Waals surface area contributed by atoms with E-state index in [1.807, 2.05) is 73.9 Å². The van der Waals surface area contributed by atoms with Crippen LogP contribution in [0, 0.1) is 0 Å². The number of urea groups is 1. The highest BCUT2D eigenvalue weighted by molar-refractivity contribution is 5.89. The molecule has 4 aromatic rings. The van der Waals surface area contributed by atoms with Crippen molar-refractivity contribution >= 4 is 23.9 Å². The van der Waals surface area contributed by atoms with Gasteiger partial charge in [-0.25, -0.2) is 14.5 Å². The van der Waals surface area contributed by atoms with E-state index in [1.54, 1.807) is 4.68 Å². The summed E-state index contributed by atoms with van der Waals surface area (Å²) in [6, 6.07) is 18.3. The minimum Gasteiger partial charge on any atom is -0.492 e. The zero-order valence-electron chi connectivity index (χ0n) is 32.1. The van der Waals surface area contributed by atoms with Crippen LogP contribution in [0.25, 0.3) is 11.8 Å². The van der Waals surface area contributed by atoms with Gasteiger partial charge in [0, 0.05) is 48.5 Å². The SMILES string of the molecule is CC1CCCC(C)N1c1nnc2n1CN(O[C@@H]1CC[C@H](NC(=O)Nc3cc(C(C)(C)C)nn3-c3cccc(OCCN(C)C)c3)c3ccccc31)C=C2. The monoisotopic (exact) mass is 722 g/mol. The molecule has 2 N–H and O–H groups in total. The predicted octanol–water partition coefficient (Wildman–Crippen LogP) is 7.04. The lowest BCUT2D eigenvalue weighted by Crippen LogP contribution is -2.46. The first kappa shape index (κ1) is 36.5. The maximum absolute atomic E-state index is 13.7. The number of benzene rings is 2. The lowest BCUT2D eigenvalue weighted by molar-refractivity contribution is -0.190. The molecule has 1 fully saturated rings. The molecule has 53 heavy (non-hydrogen) atoms. The summed E-state index contributed by atoms with van der Waals surface area (Å²) in [6.45, 7) is 12.8. The Morgan fingerprint density at radius 3 is 2.49 bits per heavy atom. The van der Waals surface area contributed by atoms with Gasteiger partial charge in [-0.3, -0.25) is 14.7 Å². The van der Waals surface area contributed by atoms with Gasteiger partial charge >= 0.3 is 6.03 Å². The summed E-state index contributed by atoms with van der Waals surface area (Å²) in [6.07, 6.45) is 8.73. The van der Waals surface area contributed by atoms with E-state index >= 15 is 0 Å². The van der Waals surface area contributed by atoms with Crippen molar-refractivity contribution in [1.29, 1.82) is 0 Å². The Morgan fingerprint density at radius 1 is 0.962 bits per heavy atom. The third-order valence-corrected chi connectivity index (χ3v) is 10.4. The number of carbonyl (C=O) groups is 1. The Labute approximate surface area is 312 Å². The number of fused-ring (bicyclic) bond motifs is 2. The molecule has 2 aromatic heterocycles. The van der Waals surface area contributed by atoms with E-state index in [1.165, 1.54) is 6.42 Å². The average molecular weight is 723 g/mol. The van der Waals surface area contributed by atoms with E-state index in [2.05, 4.69) is 81.9 Å². The highest BCUT2D eigenvalue weighted by atomic mass is 16.7. The van der Waals surface area contributed by atoms with Gasteiger partial charge < -0.3 is 19.9 Å². The summed E-state index contributed by atoms with van der Waals surface area (Å²) in [4.78, 5) is 24.9. The van der Waals surface area contributed by atoms with Gasteiger partial charge in [-0.2, -0.15) is 5.10 Å². The number of ether oxygens (including phenoxy) is 1. The number of nitrogens with one attached hydrogen (secondary N) is 2. The van der Waals surface area contributed by atoms with Gasteiger partial charge in [-0.05, 0) is 83.3 Å². The predicted molar refractivity (Wildman–Crippen MR) is 207 cm³/mol. The summed E-state index contributed by atoms with van der Waals surface area (Å²) in [5.41, 5.74) is 3.57. The van der Waals surface area contributed by atoms with Crippen LogP contribution in [0.4, 0.5) is 16.6 Å². The number of hydrogen-bond acceptors (Lipinski definition) is 9. The van der Waals surface area contributed by atoms with Gasteiger partial charge in [-0.1, -0.05) is 51.1 Å². The van der Waals surface area contributed by atoms with Gasteiger partial charge in [0.15, 0.2) is 5.82 Å². The van der Waals surface area contributed by atoms with Crippen molar-refractivity contribution in [2.45, 2.75) is 103 Å². The van der Waals surface area contributed by atoms with Crippen LogP contribution in [-0.2, 0) is 16.9 Å². The topological polar surface area (TPSA) is 118 Å². The van der Waals surface area contributed by atoms with Gasteiger partial charge in [0.05, 0.1) is 17.4 Å². The van der Waals surface area contributed by atoms with Crippen molar-refractivity contribution in [1.82, 2.24) is 39.8 Å². The lowest BCUT2D eigenvalue weighted by Gasteiger charge is -2.40. The third-order valence-electron chi connectivity index (χ3n) is 10.4. The number of likely N-dealkylation sites (N-methyl/N-ethyl adjacent to an activating group) is 1. The normalized spacial score (nSPS) is 21.4. The fraction of sp³-hybridized carbons (Fsp3) is 0.500. The average Bonchev–Trinajstić information content (AvgIpc) is 3.74. The first-order valence-electron chi connectivity index (χ1n) is 18.9. The molecule has 4 heterocycles. The molecular formula is C40H54N10O3. The quantitative estimate of drug-likeness (QED) is 0.178. The largest absolute Gasteiger partial charge is 0.492 e. The molecule has 0 spiro atoms. The smallest absolute Gasteiger partial charge is 0.320 e. The van der Waals surface area contributed by atoms with Crippen LogP contribution in [0.1, 0.15) is 102 Å². The maximum Gasteiger partial charge on any atom is 0.320 e. The molecule has 1 aliphatic carbocycles. The number of nitrogens with zero attached hydrogens (tertiary/aromatic N) is 8. The van der Waals surface area contributed by atoms with Gasteiger partial charge in [0.25, 0.3) is 0 Å². The minimum absolute atomic E-state index is 0.172. The second kappa shape index (κ2) is 15.2. The van der Waals surface area contributed by atoms with E-state index in [0.29, 0.717) is 31.2 Å². The number of aromatic nitrogens is 5. The summed E-state index contributed by atoms with van der Waals surface area (Å²) in [7, 11) is 4.04. The number of anilines is 2. The summed E-state index contributed by atoms with van der Waals surface area (Å²) < 4.78 is 9.93. The van der Waals surface area contributed by atoms with Crippen LogP contribution in [0.15, 0.2) is 60.8 Å². The van der Waals surface area contributed by atoms with Gasteiger partial charge in [0.1, 0.15) is 30.9 Å². The van der Waals surface area contributed by atoms with E-state index in [9.17, 15) is 4.79 Å². The molecular weight excluding hydrogens is 669 g/mol. The number of hydroxylamine groups is 2. The summed E-state index contributed by atoms with van der Waals surface area (Å²) in [5.74, 6) is 3.06. The molecule has 2 aromatic carbocycles. The molecule has 2 amide bonds. The Bertz CT molecular complexity index is 1920. The molecule has 4 atom stereocenters. The summed E-state index contributed by atoms with van der Waals surface area (Å²) in [5, 5.41) is 22.3. The maximum atomic E-state index is 13.7. The van der Waals surface area contributed by atoms with Crippen molar-refractivity contribution < 1.29 is 14.4 Å².